The van der Waals surface area contributed by atoms with E-state index in [0.29, 0.717) is 6.54 Å². The number of nitrogens with zero attached hydrogens (tertiary/aromatic N) is 2. The lowest BCUT2D eigenvalue weighted by atomic mass is 10.3. The highest BCUT2D eigenvalue weighted by Crippen LogP contribution is 2.12. The van der Waals surface area contributed by atoms with Crippen molar-refractivity contribution in [3.05, 3.63) is 0 Å². The van der Waals surface area contributed by atoms with Gasteiger partial charge in [0, 0.05) is 32.4 Å². The fraction of sp³-hybridized carbons (Fsp3) is 0.692. The van der Waals surface area contributed by atoms with E-state index >= 15 is 0 Å². The first-order chi connectivity index (χ1) is 9.49. The number of esters is 1. The van der Waals surface area contributed by atoms with Gasteiger partial charge in [0.1, 0.15) is 6.54 Å². The van der Waals surface area contributed by atoms with Gasteiger partial charge in [-0.05, 0) is 13.8 Å². The first-order valence-electron chi connectivity index (χ1n) is 6.76. The molecule has 0 aliphatic carbocycles. The normalized spacial score (nSPS) is 14.6. The van der Waals surface area contributed by atoms with Crippen LogP contribution in [-0.4, -0.2) is 59.7 Å². The molecule has 0 atom stereocenters. The van der Waals surface area contributed by atoms with Crippen LogP contribution in [0.25, 0.3) is 0 Å². The lowest BCUT2D eigenvalue weighted by molar-refractivity contribution is -0.149. The average Bonchev–Trinajstić information content (AvgIpc) is 2.73. The number of hydrogen-bond donors (Lipinski definition) is 0. The average molecular weight is 284 g/mol. The van der Waals surface area contributed by atoms with Crippen LogP contribution in [-0.2, 0) is 23.9 Å². The number of ether oxygens (including phenoxy) is 1. The van der Waals surface area contributed by atoms with Crippen LogP contribution >= 0.6 is 0 Å². The predicted octanol–water partition coefficient (Wildman–Crippen LogP) is -0.0629. The number of imide groups is 1. The number of likely N-dealkylation sites (tertiary alicyclic amines) is 1. The molecule has 1 aliphatic rings. The van der Waals surface area contributed by atoms with E-state index in [0.717, 1.165) is 4.90 Å². The number of carbonyl (C=O) groups is 4. The molecule has 1 rings (SSSR count). The third kappa shape index (κ3) is 4.32. The Morgan fingerprint density at radius 2 is 1.80 bits per heavy atom. The molecule has 0 saturated carbocycles. The van der Waals surface area contributed by atoms with Crippen LogP contribution < -0.4 is 0 Å². The lowest BCUT2D eigenvalue weighted by Crippen LogP contribution is -2.39. The molecule has 3 amide bonds. The number of amides is 3. The molecule has 0 unspecified atom stereocenters. The van der Waals surface area contributed by atoms with Gasteiger partial charge >= 0.3 is 5.97 Å². The Balaban J connectivity index is 2.45. The summed E-state index contributed by atoms with van der Waals surface area (Å²) >= 11 is 0. The van der Waals surface area contributed by atoms with Crippen molar-refractivity contribution in [2.75, 3.05) is 26.2 Å². The van der Waals surface area contributed by atoms with Crippen LogP contribution in [0.15, 0.2) is 0 Å². The predicted molar refractivity (Wildman–Crippen MR) is 69.5 cm³/mol. The van der Waals surface area contributed by atoms with Crippen molar-refractivity contribution in [2.24, 2.45) is 0 Å². The van der Waals surface area contributed by atoms with Crippen molar-refractivity contribution < 1.29 is 23.9 Å². The van der Waals surface area contributed by atoms with E-state index in [9.17, 15) is 19.2 Å². The third-order valence-electron chi connectivity index (χ3n) is 3.06. The van der Waals surface area contributed by atoms with Gasteiger partial charge in [0.2, 0.25) is 17.7 Å². The first-order valence-corrected chi connectivity index (χ1v) is 6.76. The molecule has 7 heteroatoms. The number of rotatable bonds is 7. The van der Waals surface area contributed by atoms with Crippen LogP contribution in [0, 0.1) is 0 Å². The highest BCUT2D eigenvalue weighted by molar-refractivity contribution is 6.02. The molecule has 20 heavy (non-hydrogen) atoms. The zero-order valence-corrected chi connectivity index (χ0v) is 11.9. The largest absolute Gasteiger partial charge is 0.465 e. The van der Waals surface area contributed by atoms with Gasteiger partial charge < -0.3 is 9.64 Å². The van der Waals surface area contributed by atoms with E-state index in [-0.39, 0.29) is 56.7 Å². The maximum absolute atomic E-state index is 12.0. The van der Waals surface area contributed by atoms with Crippen molar-refractivity contribution in [3.63, 3.8) is 0 Å². The first kappa shape index (κ1) is 16.1. The van der Waals surface area contributed by atoms with Crippen molar-refractivity contribution in [3.8, 4) is 0 Å². The molecule has 0 aromatic carbocycles. The number of hydrogen-bond acceptors (Lipinski definition) is 5. The van der Waals surface area contributed by atoms with Crippen molar-refractivity contribution in [1.29, 1.82) is 0 Å². The molecule has 1 fully saturated rings. The van der Waals surface area contributed by atoms with Crippen LogP contribution in [0.2, 0.25) is 0 Å². The Bertz CT molecular complexity index is 392. The van der Waals surface area contributed by atoms with Gasteiger partial charge in [0.25, 0.3) is 0 Å². The summed E-state index contributed by atoms with van der Waals surface area (Å²) in [6.45, 7) is 4.06. The van der Waals surface area contributed by atoms with Gasteiger partial charge in [0.05, 0.1) is 6.61 Å². The van der Waals surface area contributed by atoms with Crippen molar-refractivity contribution in [2.45, 2.75) is 33.1 Å². The van der Waals surface area contributed by atoms with E-state index in [2.05, 4.69) is 0 Å². The van der Waals surface area contributed by atoms with E-state index in [4.69, 9.17) is 4.74 Å². The summed E-state index contributed by atoms with van der Waals surface area (Å²) in [5.41, 5.74) is 0. The SMILES string of the molecule is CCOC(=O)CN(CC)C(=O)CCN1C(=O)CCC1=O. The molecule has 112 valence electrons. The maximum atomic E-state index is 12.0. The minimum Gasteiger partial charge on any atom is -0.465 e. The summed E-state index contributed by atoms with van der Waals surface area (Å²) in [6.07, 6.45) is 0.464. The standard InChI is InChI=1S/C13H20N2O5/c1-3-14(9-13(19)20-4-2)10(16)7-8-15-11(17)5-6-12(15)18/h3-9H2,1-2H3. The second-order valence-corrected chi connectivity index (χ2v) is 4.40. The molecule has 7 nitrogen and oxygen atoms in total. The van der Waals surface area contributed by atoms with Crippen LogP contribution in [0.1, 0.15) is 33.1 Å². The second-order valence-electron chi connectivity index (χ2n) is 4.40. The summed E-state index contributed by atoms with van der Waals surface area (Å²) in [7, 11) is 0. The van der Waals surface area contributed by atoms with E-state index in [1.165, 1.54) is 4.90 Å². The number of carbonyl (C=O) groups excluding carboxylic acids is 4. The minimum atomic E-state index is -0.462. The minimum absolute atomic E-state index is 0.0325. The summed E-state index contributed by atoms with van der Waals surface area (Å²) in [5, 5.41) is 0. The monoisotopic (exact) mass is 284 g/mol. The smallest absolute Gasteiger partial charge is 0.325 e. The Morgan fingerprint density at radius 1 is 1.20 bits per heavy atom. The highest BCUT2D eigenvalue weighted by atomic mass is 16.5. The fourth-order valence-corrected chi connectivity index (χ4v) is 1.98. The third-order valence-corrected chi connectivity index (χ3v) is 3.06. The quantitative estimate of drug-likeness (QED) is 0.483. The van der Waals surface area contributed by atoms with Crippen LogP contribution in [0.3, 0.4) is 0 Å². The Kier molecular flexibility index (Phi) is 6.14. The Labute approximate surface area is 117 Å². The molecule has 0 spiro atoms. The van der Waals surface area contributed by atoms with Gasteiger partial charge in [-0.25, -0.2) is 0 Å². The van der Waals surface area contributed by atoms with E-state index in [1.807, 2.05) is 0 Å². The maximum Gasteiger partial charge on any atom is 0.325 e. The second kappa shape index (κ2) is 7.62. The van der Waals surface area contributed by atoms with Crippen LogP contribution in [0.4, 0.5) is 0 Å². The lowest BCUT2D eigenvalue weighted by Gasteiger charge is -2.21. The fourth-order valence-electron chi connectivity index (χ4n) is 1.98. The topological polar surface area (TPSA) is 84.0 Å². The number of likely N-dealkylation sites (N-methyl/N-ethyl adjacent to an activating group) is 1. The molecular formula is C13H20N2O5. The zero-order valence-electron chi connectivity index (χ0n) is 11.9. The molecular weight excluding hydrogens is 264 g/mol. The molecule has 0 aromatic heterocycles. The summed E-state index contributed by atoms with van der Waals surface area (Å²) < 4.78 is 4.78. The van der Waals surface area contributed by atoms with Gasteiger partial charge in [-0.3, -0.25) is 24.1 Å². The summed E-state index contributed by atoms with van der Waals surface area (Å²) in [5.74, 6) is -1.21. The molecule has 1 heterocycles. The molecule has 0 radical (unpaired) electrons. The molecule has 0 aromatic rings. The van der Waals surface area contributed by atoms with Crippen molar-refractivity contribution in [1.82, 2.24) is 9.80 Å². The molecule has 1 saturated heterocycles. The van der Waals surface area contributed by atoms with Crippen molar-refractivity contribution >= 4 is 23.7 Å². The van der Waals surface area contributed by atoms with Gasteiger partial charge in [0.15, 0.2) is 0 Å². The van der Waals surface area contributed by atoms with Gasteiger partial charge in [-0.15, -0.1) is 0 Å². The molecule has 0 bridgehead atoms. The van der Waals surface area contributed by atoms with Gasteiger partial charge in [-0.1, -0.05) is 0 Å². The van der Waals surface area contributed by atoms with E-state index in [1.54, 1.807) is 13.8 Å². The summed E-state index contributed by atoms with van der Waals surface area (Å²) in [4.78, 5) is 48.6. The zero-order chi connectivity index (χ0) is 15.1. The molecule has 0 N–H and O–H groups in total. The Hall–Kier alpha value is -1.92. The van der Waals surface area contributed by atoms with Crippen LogP contribution in [0.5, 0.6) is 0 Å². The summed E-state index contributed by atoms with van der Waals surface area (Å²) in [6, 6.07) is 0. The highest BCUT2D eigenvalue weighted by Gasteiger charge is 2.29. The molecule has 1 aliphatic heterocycles. The Morgan fingerprint density at radius 3 is 2.30 bits per heavy atom. The van der Waals surface area contributed by atoms with Gasteiger partial charge in [-0.2, -0.15) is 0 Å². The van der Waals surface area contributed by atoms with E-state index < -0.39 is 5.97 Å².